The van der Waals surface area contributed by atoms with E-state index in [0.717, 1.165) is 19.5 Å². The maximum absolute atomic E-state index is 5.81. The lowest BCUT2D eigenvalue weighted by atomic mass is 10.2. The van der Waals surface area contributed by atoms with Crippen LogP contribution in [0.5, 0.6) is 0 Å². The van der Waals surface area contributed by atoms with Crippen molar-refractivity contribution in [1.82, 2.24) is 14.1 Å². The van der Waals surface area contributed by atoms with Gasteiger partial charge < -0.3 is 14.9 Å². The zero-order valence-corrected chi connectivity index (χ0v) is 9.58. The summed E-state index contributed by atoms with van der Waals surface area (Å²) in [7, 11) is 0. The average Bonchev–Trinajstić information content (AvgIpc) is 2.87. The first-order valence-electron chi connectivity index (χ1n) is 5.63. The molecule has 0 bridgehead atoms. The lowest BCUT2D eigenvalue weighted by molar-refractivity contribution is 0.563. The van der Waals surface area contributed by atoms with Crippen molar-refractivity contribution in [3.05, 3.63) is 42.7 Å². The molecule has 2 rings (SSSR count). The standard InChI is InChI=1S/C12H18N4/c1-11(13)12-3-7-15(9-12)5-2-6-16-8-4-14-10-16/h3-4,7-11H,2,5-6,13H2,1H3. The maximum Gasteiger partial charge on any atom is 0.0945 e. The molecule has 2 N–H and O–H groups in total. The molecule has 0 aliphatic carbocycles. The molecule has 0 fully saturated rings. The molecule has 0 spiro atoms. The van der Waals surface area contributed by atoms with Crippen LogP contribution in [0.4, 0.5) is 0 Å². The number of rotatable bonds is 5. The Morgan fingerprint density at radius 2 is 2.12 bits per heavy atom. The number of hydrogen-bond donors (Lipinski definition) is 1. The summed E-state index contributed by atoms with van der Waals surface area (Å²) in [6.07, 6.45) is 11.0. The van der Waals surface area contributed by atoms with Crippen LogP contribution in [-0.4, -0.2) is 14.1 Å². The first kappa shape index (κ1) is 11.0. The molecule has 2 aromatic heterocycles. The fourth-order valence-corrected chi connectivity index (χ4v) is 1.72. The summed E-state index contributed by atoms with van der Waals surface area (Å²) in [6.45, 7) is 4.03. The minimum absolute atomic E-state index is 0.120. The molecule has 4 heteroatoms. The van der Waals surface area contributed by atoms with Gasteiger partial charge in [-0.15, -0.1) is 0 Å². The number of aromatic nitrogens is 3. The third kappa shape index (κ3) is 2.73. The second-order valence-corrected chi connectivity index (χ2v) is 4.13. The van der Waals surface area contributed by atoms with Crippen molar-refractivity contribution < 1.29 is 0 Å². The summed E-state index contributed by atoms with van der Waals surface area (Å²) in [5.41, 5.74) is 7.00. The van der Waals surface area contributed by atoms with Crippen molar-refractivity contribution in [3.8, 4) is 0 Å². The zero-order valence-electron chi connectivity index (χ0n) is 9.58. The molecule has 0 saturated carbocycles. The normalized spacial score (nSPS) is 12.9. The van der Waals surface area contributed by atoms with Gasteiger partial charge in [0.15, 0.2) is 0 Å². The van der Waals surface area contributed by atoms with Gasteiger partial charge in [0.1, 0.15) is 0 Å². The van der Waals surface area contributed by atoms with Gasteiger partial charge in [-0.3, -0.25) is 0 Å². The number of nitrogens with two attached hydrogens (primary N) is 1. The second kappa shape index (κ2) is 4.99. The predicted octanol–water partition coefficient (Wildman–Crippen LogP) is 1.79. The number of imidazole rings is 1. The van der Waals surface area contributed by atoms with Gasteiger partial charge in [0.05, 0.1) is 6.33 Å². The van der Waals surface area contributed by atoms with E-state index in [4.69, 9.17) is 5.73 Å². The first-order valence-corrected chi connectivity index (χ1v) is 5.63. The third-order valence-electron chi connectivity index (χ3n) is 2.69. The van der Waals surface area contributed by atoms with Crippen molar-refractivity contribution in [1.29, 1.82) is 0 Å². The van der Waals surface area contributed by atoms with Gasteiger partial charge in [0.25, 0.3) is 0 Å². The summed E-state index contributed by atoms with van der Waals surface area (Å²) in [4.78, 5) is 4.01. The number of hydrogen-bond acceptors (Lipinski definition) is 2. The van der Waals surface area contributed by atoms with E-state index in [-0.39, 0.29) is 6.04 Å². The van der Waals surface area contributed by atoms with Crippen LogP contribution in [0, 0.1) is 0 Å². The molecule has 1 atom stereocenters. The van der Waals surface area contributed by atoms with Crippen LogP contribution in [0.1, 0.15) is 24.9 Å². The molecule has 0 saturated heterocycles. The SMILES string of the molecule is CC(N)c1ccn(CCCn2ccnc2)c1. The summed E-state index contributed by atoms with van der Waals surface area (Å²) in [5.74, 6) is 0. The highest BCUT2D eigenvalue weighted by Gasteiger charge is 2.01. The quantitative estimate of drug-likeness (QED) is 0.831. The largest absolute Gasteiger partial charge is 0.354 e. The second-order valence-electron chi connectivity index (χ2n) is 4.13. The van der Waals surface area contributed by atoms with E-state index in [1.54, 1.807) is 0 Å². The third-order valence-corrected chi connectivity index (χ3v) is 2.69. The van der Waals surface area contributed by atoms with Crippen LogP contribution in [0.15, 0.2) is 37.2 Å². The van der Waals surface area contributed by atoms with Gasteiger partial charge in [0, 0.05) is 43.9 Å². The molecule has 2 heterocycles. The Bertz CT molecular complexity index is 414. The van der Waals surface area contributed by atoms with Gasteiger partial charge >= 0.3 is 0 Å². The molecule has 0 radical (unpaired) electrons. The molecular weight excluding hydrogens is 200 g/mol. The van der Waals surface area contributed by atoms with Crippen LogP contribution < -0.4 is 5.73 Å². The van der Waals surface area contributed by atoms with E-state index in [1.807, 2.05) is 25.6 Å². The molecule has 4 nitrogen and oxygen atoms in total. The monoisotopic (exact) mass is 218 g/mol. The van der Waals surface area contributed by atoms with E-state index < -0.39 is 0 Å². The maximum atomic E-state index is 5.81. The fourth-order valence-electron chi connectivity index (χ4n) is 1.72. The molecule has 0 aliphatic heterocycles. The van der Waals surface area contributed by atoms with Gasteiger partial charge in [0.2, 0.25) is 0 Å². The van der Waals surface area contributed by atoms with E-state index in [9.17, 15) is 0 Å². The van der Waals surface area contributed by atoms with Crippen LogP contribution in [0.25, 0.3) is 0 Å². The Morgan fingerprint density at radius 3 is 2.75 bits per heavy atom. The molecule has 0 amide bonds. The van der Waals surface area contributed by atoms with E-state index >= 15 is 0 Å². The van der Waals surface area contributed by atoms with Crippen LogP contribution in [-0.2, 0) is 13.1 Å². The van der Waals surface area contributed by atoms with Crippen LogP contribution >= 0.6 is 0 Å². The molecule has 2 aromatic rings. The van der Waals surface area contributed by atoms with E-state index in [0.29, 0.717) is 0 Å². The van der Waals surface area contributed by atoms with Crippen LogP contribution in [0.3, 0.4) is 0 Å². The Balaban J connectivity index is 1.81. The highest BCUT2D eigenvalue weighted by molar-refractivity contribution is 5.13. The molecule has 1 unspecified atom stereocenters. The minimum atomic E-state index is 0.120. The predicted molar refractivity (Wildman–Crippen MR) is 63.9 cm³/mol. The molecule has 16 heavy (non-hydrogen) atoms. The van der Waals surface area contributed by atoms with Crippen molar-refractivity contribution in [2.75, 3.05) is 0 Å². The molecule has 0 aliphatic rings. The smallest absolute Gasteiger partial charge is 0.0945 e. The Labute approximate surface area is 95.7 Å². The summed E-state index contributed by atoms with van der Waals surface area (Å²) in [6, 6.07) is 2.21. The van der Waals surface area contributed by atoms with Crippen molar-refractivity contribution in [2.24, 2.45) is 5.73 Å². The van der Waals surface area contributed by atoms with Gasteiger partial charge in [-0.1, -0.05) is 0 Å². The molecular formula is C12H18N4. The topological polar surface area (TPSA) is 48.8 Å². The average molecular weight is 218 g/mol. The van der Waals surface area contributed by atoms with E-state index in [2.05, 4.69) is 32.6 Å². The van der Waals surface area contributed by atoms with Gasteiger partial charge in [-0.25, -0.2) is 4.98 Å². The summed E-state index contributed by atoms with van der Waals surface area (Å²) in [5, 5.41) is 0. The molecule has 86 valence electrons. The molecule has 0 aromatic carbocycles. The Morgan fingerprint density at radius 1 is 1.31 bits per heavy atom. The lowest BCUT2D eigenvalue weighted by Gasteiger charge is -2.04. The van der Waals surface area contributed by atoms with Gasteiger partial charge in [-0.05, 0) is 25.0 Å². The highest BCUT2D eigenvalue weighted by atomic mass is 15.0. The van der Waals surface area contributed by atoms with Crippen molar-refractivity contribution >= 4 is 0 Å². The van der Waals surface area contributed by atoms with Crippen LogP contribution in [0.2, 0.25) is 0 Å². The van der Waals surface area contributed by atoms with E-state index in [1.165, 1.54) is 5.56 Å². The highest BCUT2D eigenvalue weighted by Crippen LogP contribution is 2.10. The lowest BCUT2D eigenvalue weighted by Crippen LogP contribution is -2.04. The van der Waals surface area contributed by atoms with Crippen molar-refractivity contribution in [2.45, 2.75) is 32.5 Å². The Kier molecular flexibility index (Phi) is 3.41. The summed E-state index contributed by atoms with van der Waals surface area (Å²) < 4.78 is 4.28. The summed E-state index contributed by atoms with van der Waals surface area (Å²) >= 11 is 0. The number of nitrogens with zero attached hydrogens (tertiary/aromatic N) is 3. The Hall–Kier alpha value is -1.55. The number of aryl methyl sites for hydroxylation is 2. The zero-order chi connectivity index (χ0) is 11.4. The first-order chi connectivity index (χ1) is 7.75. The van der Waals surface area contributed by atoms with Gasteiger partial charge in [-0.2, -0.15) is 0 Å². The fraction of sp³-hybridized carbons (Fsp3) is 0.417. The minimum Gasteiger partial charge on any atom is -0.354 e. The van der Waals surface area contributed by atoms with Crippen molar-refractivity contribution in [3.63, 3.8) is 0 Å².